The van der Waals surface area contributed by atoms with E-state index in [0.717, 1.165) is 59.1 Å². The lowest BCUT2D eigenvalue weighted by Crippen LogP contribution is -2.44. The van der Waals surface area contributed by atoms with Crippen molar-refractivity contribution in [3.8, 4) is 11.1 Å². The van der Waals surface area contributed by atoms with Crippen LogP contribution in [0.15, 0.2) is 60.9 Å². The summed E-state index contributed by atoms with van der Waals surface area (Å²) in [6, 6.07) is 15.2. The van der Waals surface area contributed by atoms with Crippen LogP contribution in [0.1, 0.15) is 48.4 Å². The molecule has 5 N–H and O–H groups in total. The standard InChI is InChI=1S/C32H38N6O4/c1-42-15-3-5-23-12-13-34-31-27(23)18-28(37-31)25-4-2-14-38(20-25)30(39)17-26(36-32(40)41)16-21-6-8-22(9-7-21)24-10-11-29(33)35-19-24/h6-13,18-19,25-26,36H,2-5,14-17,20H2,1H3,(H2,33,35)(H,34,37)(H,40,41)/t25?,26-/m1/s1. The second-order valence-electron chi connectivity index (χ2n) is 11.0. The molecule has 0 radical (unpaired) electrons. The molecule has 1 aromatic carbocycles. The maximum atomic E-state index is 13.4. The second kappa shape index (κ2) is 13.5. The van der Waals surface area contributed by atoms with Crippen molar-refractivity contribution in [1.29, 1.82) is 0 Å². The second-order valence-corrected chi connectivity index (χ2v) is 11.0. The summed E-state index contributed by atoms with van der Waals surface area (Å²) in [5.74, 6) is 0.589. The molecule has 1 fully saturated rings. The number of carboxylic acid groups (broad SMARTS) is 1. The largest absolute Gasteiger partial charge is 0.465 e. The Bertz CT molecular complexity index is 1500. The molecule has 10 heteroatoms. The maximum absolute atomic E-state index is 13.4. The Morgan fingerprint density at radius 2 is 1.98 bits per heavy atom. The zero-order chi connectivity index (χ0) is 29.5. The summed E-state index contributed by atoms with van der Waals surface area (Å²) in [7, 11) is 1.71. The number of carbonyl (C=O) groups is 2. The van der Waals surface area contributed by atoms with Gasteiger partial charge in [-0.3, -0.25) is 4.79 Å². The number of methoxy groups -OCH3 is 1. The zero-order valence-corrected chi connectivity index (χ0v) is 23.9. The molecule has 4 heterocycles. The van der Waals surface area contributed by atoms with E-state index in [9.17, 15) is 14.7 Å². The Hall–Kier alpha value is -4.44. The van der Waals surface area contributed by atoms with Crippen LogP contribution in [0, 0.1) is 0 Å². The SMILES string of the molecule is COCCCc1ccnc2[nH]c(C3CCCN(C(=O)C[C@@H](Cc4ccc(-c5ccc(N)nc5)cc4)NC(=O)O)C3)cc12. The highest BCUT2D eigenvalue weighted by molar-refractivity contribution is 5.81. The van der Waals surface area contributed by atoms with Gasteiger partial charge in [0.15, 0.2) is 0 Å². The van der Waals surface area contributed by atoms with Gasteiger partial charge < -0.3 is 30.8 Å². The number of H-pyrrole nitrogens is 1. The first kappa shape index (κ1) is 29.1. The van der Waals surface area contributed by atoms with Crippen LogP contribution < -0.4 is 11.1 Å². The summed E-state index contributed by atoms with van der Waals surface area (Å²) in [4.78, 5) is 39.1. The van der Waals surface area contributed by atoms with Crippen LogP contribution in [-0.2, 0) is 22.4 Å². The van der Waals surface area contributed by atoms with Crippen LogP contribution >= 0.6 is 0 Å². The first-order chi connectivity index (χ1) is 20.4. The fourth-order valence-corrected chi connectivity index (χ4v) is 5.79. The van der Waals surface area contributed by atoms with Crippen LogP contribution in [-0.4, -0.2) is 69.8 Å². The van der Waals surface area contributed by atoms with Gasteiger partial charge in [0.25, 0.3) is 0 Å². The fraction of sp³-hybridized carbons (Fsp3) is 0.375. The van der Waals surface area contributed by atoms with Crippen molar-refractivity contribution in [2.75, 3.05) is 32.5 Å². The van der Waals surface area contributed by atoms with Crippen molar-refractivity contribution in [3.63, 3.8) is 0 Å². The number of likely N-dealkylation sites (tertiary alicyclic amines) is 1. The lowest BCUT2D eigenvalue weighted by atomic mass is 9.93. The van der Waals surface area contributed by atoms with E-state index in [4.69, 9.17) is 10.5 Å². The zero-order valence-electron chi connectivity index (χ0n) is 23.9. The Morgan fingerprint density at radius 3 is 2.71 bits per heavy atom. The fourth-order valence-electron chi connectivity index (χ4n) is 5.79. The number of ether oxygens (including phenoxy) is 1. The van der Waals surface area contributed by atoms with Crippen molar-refractivity contribution in [2.24, 2.45) is 0 Å². The topological polar surface area (TPSA) is 146 Å². The molecule has 2 atom stereocenters. The van der Waals surface area contributed by atoms with Crippen molar-refractivity contribution in [2.45, 2.75) is 50.5 Å². The molecule has 4 aromatic rings. The highest BCUT2D eigenvalue weighted by Gasteiger charge is 2.28. The number of hydrogen-bond acceptors (Lipinski definition) is 6. The van der Waals surface area contributed by atoms with Crippen LogP contribution in [0.2, 0.25) is 0 Å². The van der Waals surface area contributed by atoms with Crippen molar-refractivity contribution in [3.05, 3.63) is 77.7 Å². The third-order valence-electron chi connectivity index (χ3n) is 7.96. The molecule has 1 saturated heterocycles. The normalized spacial score (nSPS) is 15.9. The average molecular weight is 571 g/mol. The van der Waals surface area contributed by atoms with Gasteiger partial charge in [-0.05, 0) is 73.1 Å². The quantitative estimate of drug-likeness (QED) is 0.190. The molecule has 1 unspecified atom stereocenters. The summed E-state index contributed by atoms with van der Waals surface area (Å²) in [6.07, 6.45) is 6.64. The number of rotatable bonds is 11. The van der Waals surface area contributed by atoms with E-state index < -0.39 is 12.1 Å². The number of amides is 2. The van der Waals surface area contributed by atoms with Gasteiger partial charge in [0, 0.05) is 74.2 Å². The minimum Gasteiger partial charge on any atom is -0.465 e. The van der Waals surface area contributed by atoms with Crippen LogP contribution in [0.5, 0.6) is 0 Å². The number of nitrogens with zero attached hydrogens (tertiary/aromatic N) is 3. The number of nitrogen functional groups attached to an aromatic ring is 1. The molecule has 0 bridgehead atoms. The first-order valence-electron chi connectivity index (χ1n) is 14.4. The van der Waals surface area contributed by atoms with Gasteiger partial charge >= 0.3 is 6.09 Å². The summed E-state index contributed by atoms with van der Waals surface area (Å²) < 4.78 is 5.21. The molecule has 2 amide bonds. The molecule has 42 heavy (non-hydrogen) atoms. The molecule has 10 nitrogen and oxygen atoms in total. The van der Waals surface area contributed by atoms with E-state index >= 15 is 0 Å². The van der Waals surface area contributed by atoms with Crippen LogP contribution in [0.4, 0.5) is 10.6 Å². The van der Waals surface area contributed by atoms with Gasteiger partial charge in [-0.2, -0.15) is 0 Å². The molecule has 0 saturated carbocycles. The Labute approximate surface area is 245 Å². The first-order valence-corrected chi connectivity index (χ1v) is 14.4. The number of nitrogens with two attached hydrogens (primary N) is 1. The number of hydrogen-bond donors (Lipinski definition) is 4. The predicted molar refractivity (Wildman–Crippen MR) is 162 cm³/mol. The van der Waals surface area contributed by atoms with Gasteiger partial charge in [-0.15, -0.1) is 0 Å². The van der Waals surface area contributed by atoms with E-state index in [2.05, 4.69) is 32.4 Å². The third-order valence-corrected chi connectivity index (χ3v) is 7.96. The number of nitrogens with one attached hydrogen (secondary N) is 2. The van der Waals surface area contributed by atoms with E-state index in [1.807, 2.05) is 41.4 Å². The number of aromatic amines is 1. The van der Waals surface area contributed by atoms with Crippen molar-refractivity contribution in [1.82, 2.24) is 25.2 Å². The van der Waals surface area contributed by atoms with Gasteiger partial charge in [-0.1, -0.05) is 24.3 Å². The highest BCUT2D eigenvalue weighted by atomic mass is 16.5. The molecule has 5 rings (SSSR count). The Morgan fingerprint density at radius 1 is 1.17 bits per heavy atom. The van der Waals surface area contributed by atoms with E-state index in [-0.39, 0.29) is 18.2 Å². The molecule has 1 aliphatic rings. The molecular formula is C32H38N6O4. The lowest BCUT2D eigenvalue weighted by Gasteiger charge is -2.33. The number of benzene rings is 1. The lowest BCUT2D eigenvalue weighted by molar-refractivity contribution is -0.132. The highest BCUT2D eigenvalue weighted by Crippen LogP contribution is 2.30. The monoisotopic (exact) mass is 570 g/mol. The van der Waals surface area contributed by atoms with Crippen molar-refractivity contribution < 1.29 is 19.4 Å². The minimum absolute atomic E-state index is 0.0440. The van der Waals surface area contributed by atoms with E-state index in [1.165, 1.54) is 5.56 Å². The number of aryl methyl sites for hydroxylation is 1. The minimum atomic E-state index is -1.14. The van der Waals surface area contributed by atoms with Crippen LogP contribution in [0.3, 0.4) is 0 Å². The molecule has 1 aliphatic heterocycles. The molecule has 220 valence electrons. The number of piperidine rings is 1. The molecule has 0 aliphatic carbocycles. The smallest absolute Gasteiger partial charge is 0.404 e. The number of aromatic nitrogens is 3. The van der Waals surface area contributed by atoms with Gasteiger partial charge in [0.2, 0.25) is 5.91 Å². The summed E-state index contributed by atoms with van der Waals surface area (Å²) in [5, 5.41) is 13.2. The molecule has 0 spiro atoms. The summed E-state index contributed by atoms with van der Waals surface area (Å²) in [6.45, 7) is 1.97. The van der Waals surface area contributed by atoms with E-state index in [1.54, 1.807) is 19.4 Å². The molecular weight excluding hydrogens is 532 g/mol. The number of carbonyl (C=O) groups excluding carboxylic acids is 1. The van der Waals surface area contributed by atoms with Crippen molar-refractivity contribution >= 4 is 28.9 Å². The van der Waals surface area contributed by atoms with E-state index in [0.29, 0.717) is 31.9 Å². The number of anilines is 1. The Kier molecular flexibility index (Phi) is 9.33. The Balaban J connectivity index is 1.23. The third kappa shape index (κ3) is 7.25. The number of fused-ring (bicyclic) bond motifs is 1. The maximum Gasteiger partial charge on any atom is 0.404 e. The number of pyridine rings is 2. The summed E-state index contributed by atoms with van der Waals surface area (Å²) >= 11 is 0. The van der Waals surface area contributed by atoms with Crippen LogP contribution in [0.25, 0.3) is 22.2 Å². The predicted octanol–water partition coefficient (Wildman–Crippen LogP) is 4.76. The van der Waals surface area contributed by atoms with Gasteiger partial charge in [-0.25, -0.2) is 14.8 Å². The molecule has 3 aromatic heterocycles. The van der Waals surface area contributed by atoms with Gasteiger partial charge in [0.1, 0.15) is 11.5 Å². The van der Waals surface area contributed by atoms with Gasteiger partial charge in [0.05, 0.1) is 0 Å². The average Bonchev–Trinajstić information content (AvgIpc) is 3.43. The summed E-state index contributed by atoms with van der Waals surface area (Å²) in [5.41, 5.74) is 11.8.